The lowest BCUT2D eigenvalue weighted by atomic mass is 9.98. The molecule has 0 atom stereocenters. The van der Waals surface area contributed by atoms with Crippen LogP contribution in [-0.4, -0.2) is 49.6 Å². The van der Waals surface area contributed by atoms with Crippen LogP contribution in [0.1, 0.15) is 63.2 Å². The third-order valence-electron chi connectivity index (χ3n) is 6.59. The van der Waals surface area contributed by atoms with Crippen molar-refractivity contribution in [1.29, 1.82) is 0 Å². The smallest absolute Gasteiger partial charge is 0.231 e. The summed E-state index contributed by atoms with van der Waals surface area (Å²) in [5.41, 5.74) is 4.28. The van der Waals surface area contributed by atoms with Crippen LogP contribution in [0.2, 0.25) is 0 Å². The predicted octanol–water partition coefficient (Wildman–Crippen LogP) is 5.15. The van der Waals surface area contributed by atoms with Gasteiger partial charge in [0.05, 0.1) is 0 Å². The Morgan fingerprint density at radius 2 is 1.67 bits per heavy atom. The van der Waals surface area contributed by atoms with E-state index in [-0.39, 0.29) is 0 Å². The Balaban J connectivity index is 1.59. The molecule has 0 unspecified atom stereocenters. The first-order valence-electron chi connectivity index (χ1n) is 12.6. The molecule has 36 heavy (non-hydrogen) atoms. The van der Waals surface area contributed by atoms with Crippen LogP contribution in [-0.2, 0) is 28.2 Å². The summed E-state index contributed by atoms with van der Waals surface area (Å²) in [4.78, 5) is 4.89. The molecule has 0 aliphatic carbocycles. The zero-order chi connectivity index (χ0) is 25.4. The molecule has 9 heteroatoms. The maximum atomic E-state index is 5.71. The summed E-state index contributed by atoms with van der Waals surface area (Å²) in [7, 11) is 3.28. The first-order valence-corrected chi connectivity index (χ1v) is 12.6. The number of hydrogen-bond donors (Lipinski definition) is 1. The average molecular weight is 490 g/mol. The molecule has 0 amide bonds. The Labute approximate surface area is 212 Å². The van der Waals surface area contributed by atoms with E-state index in [0.717, 1.165) is 41.0 Å². The standard InChI is InChI=1S/C27H35N7O2/c1-5-7-8-11-18-34-24(28-26(31-34)27(6-2,35-3)36-4)19-20-14-16-21(17-15-20)22-12-9-10-13-23(22)25-29-32-33-30-25/h9-10,12-17H,5-8,11,18-19H2,1-4H3,(H,29,30,32,33). The Kier molecular flexibility index (Phi) is 8.56. The SMILES string of the molecule is CCCCCCn1nc(C(CC)(OC)OC)nc1Cc1ccc(-c2ccccc2-c2nnn[nH]2)cc1. The van der Waals surface area contributed by atoms with Crippen LogP contribution < -0.4 is 0 Å². The van der Waals surface area contributed by atoms with Gasteiger partial charge in [0, 0.05) is 39.2 Å². The molecule has 0 aliphatic heterocycles. The van der Waals surface area contributed by atoms with E-state index in [1.165, 1.54) is 19.3 Å². The Morgan fingerprint density at radius 1 is 0.917 bits per heavy atom. The quantitative estimate of drug-likeness (QED) is 0.204. The van der Waals surface area contributed by atoms with Crippen LogP contribution in [0.5, 0.6) is 0 Å². The Hall–Kier alpha value is -3.43. The van der Waals surface area contributed by atoms with E-state index in [2.05, 4.69) is 57.9 Å². The van der Waals surface area contributed by atoms with Gasteiger partial charge in [-0.25, -0.2) is 14.8 Å². The second kappa shape index (κ2) is 12.0. The van der Waals surface area contributed by atoms with Gasteiger partial charge in [0.25, 0.3) is 0 Å². The fraction of sp³-hybridized carbons (Fsp3) is 0.444. The molecule has 190 valence electrons. The van der Waals surface area contributed by atoms with E-state index >= 15 is 0 Å². The van der Waals surface area contributed by atoms with Gasteiger partial charge >= 0.3 is 0 Å². The minimum atomic E-state index is -0.938. The van der Waals surface area contributed by atoms with Crippen LogP contribution in [0, 0.1) is 0 Å². The van der Waals surface area contributed by atoms with Crippen LogP contribution in [0.15, 0.2) is 48.5 Å². The minimum Gasteiger partial charge on any atom is -0.347 e. The molecule has 0 aliphatic rings. The topological polar surface area (TPSA) is 104 Å². The zero-order valence-electron chi connectivity index (χ0n) is 21.6. The Bertz CT molecular complexity index is 1210. The number of methoxy groups -OCH3 is 2. The number of nitrogens with one attached hydrogen (secondary N) is 1. The van der Waals surface area contributed by atoms with Gasteiger partial charge in [-0.15, -0.1) is 5.10 Å². The molecule has 4 rings (SSSR count). The monoisotopic (exact) mass is 489 g/mol. The van der Waals surface area contributed by atoms with Crippen molar-refractivity contribution in [3.8, 4) is 22.5 Å². The second-order valence-corrected chi connectivity index (χ2v) is 8.82. The van der Waals surface area contributed by atoms with Crippen molar-refractivity contribution in [1.82, 2.24) is 35.4 Å². The number of aromatic amines is 1. The number of hydrogen-bond acceptors (Lipinski definition) is 7. The molecule has 2 heterocycles. The highest BCUT2D eigenvalue weighted by Crippen LogP contribution is 2.31. The predicted molar refractivity (Wildman–Crippen MR) is 138 cm³/mol. The maximum Gasteiger partial charge on any atom is 0.231 e. The van der Waals surface area contributed by atoms with Gasteiger partial charge in [0.15, 0.2) is 5.82 Å². The van der Waals surface area contributed by atoms with Crippen LogP contribution in [0.25, 0.3) is 22.5 Å². The first kappa shape index (κ1) is 25.7. The highest BCUT2D eigenvalue weighted by atomic mass is 16.7. The van der Waals surface area contributed by atoms with Crippen molar-refractivity contribution in [2.75, 3.05) is 14.2 Å². The molecule has 0 fully saturated rings. The lowest BCUT2D eigenvalue weighted by molar-refractivity contribution is -0.222. The average Bonchev–Trinajstić information content (AvgIpc) is 3.60. The van der Waals surface area contributed by atoms with Crippen molar-refractivity contribution < 1.29 is 9.47 Å². The summed E-state index contributed by atoms with van der Waals surface area (Å²) in [6.45, 7) is 5.06. The molecule has 2 aromatic carbocycles. The summed E-state index contributed by atoms with van der Waals surface area (Å²) < 4.78 is 13.4. The van der Waals surface area contributed by atoms with Crippen molar-refractivity contribution in [2.45, 2.75) is 64.7 Å². The van der Waals surface area contributed by atoms with Gasteiger partial charge in [-0.3, -0.25) is 0 Å². The van der Waals surface area contributed by atoms with E-state index in [9.17, 15) is 0 Å². The number of benzene rings is 2. The fourth-order valence-corrected chi connectivity index (χ4v) is 4.45. The van der Waals surface area contributed by atoms with Gasteiger partial charge in [-0.05, 0) is 33.5 Å². The lowest BCUT2D eigenvalue weighted by Gasteiger charge is -2.26. The highest BCUT2D eigenvalue weighted by molar-refractivity contribution is 5.80. The molecule has 0 saturated heterocycles. The zero-order valence-corrected chi connectivity index (χ0v) is 21.6. The molecule has 2 aromatic heterocycles. The molecule has 0 bridgehead atoms. The summed E-state index contributed by atoms with van der Waals surface area (Å²) >= 11 is 0. The third-order valence-corrected chi connectivity index (χ3v) is 6.59. The number of aromatic nitrogens is 7. The molecule has 0 spiro atoms. The van der Waals surface area contributed by atoms with Crippen LogP contribution in [0.4, 0.5) is 0 Å². The summed E-state index contributed by atoms with van der Waals surface area (Å²) in [6, 6.07) is 16.6. The first-order chi connectivity index (χ1) is 17.6. The number of aryl methyl sites for hydroxylation is 1. The second-order valence-electron chi connectivity index (χ2n) is 8.82. The number of H-pyrrole nitrogens is 1. The van der Waals surface area contributed by atoms with Crippen molar-refractivity contribution >= 4 is 0 Å². The number of unbranched alkanes of at least 4 members (excludes halogenated alkanes) is 3. The largest absolute Gasteiger partial charge is 0.347 e. The van der Waals surface area contributed by atoms with Gasteiger partial charge in [-0.2, -0.15) is 5.10 Å². The van der Waals surface area contributed by atoms with E-state index in [1.807, 2.05) is 29.8 Å². The number of ether oxygens (including phenoxy) is 2. The van der Waals surface area contributed by atoms with E-state index in [1.54, 1.807) is 14.2 Å². The van der Waals surface area contributed by atoms with Gasteiger partial charge in [0.2, 0.25) is 11.6 Å². The number of tetrazole rings is 1. The molecule has 9 nitrogen and oxygen atoms in total. The molecule has 0 radical (unpaired) electrons. The molecule has 0 saturated carbocycles. The maximum absolute atomic E-state index is 5.71. The minimum absolute atomic E-state index is 0.576. The summed E-state index contributed by atoms with van der Waals surface area (Å²) in [5.74, 6) is 1.20. The highest BCUT2D eigenvalue weighted by Gasteiger charge is 2.35. The van der Waals surface area contributed by atoms with Gasteiger partial charge in [-0.1, -0.05) is 81.6 Å². The molecular formula is C27H35N7O2. The van der Waals surface area contributed by atoms with Crippen LogP contribution in [0.3, 0.4) is 0 Å². The number of rotatable bonds is 13. The van der Waals surface area contributed by atoms with Crippen LogP contribution >= 0.6 is 0 Å². The van der Waals surface area contributed by atoms with Crippen molar-refractivity contribution in [2.24, 2.45) is 0 Å². The third kappa shape index (κ3) is 5.52. The normalized spacial score (nSPS) is 11.8. The van der Waals surface area contributed by atoms with Crippen molar-refractivity contribution in [3.05, 3.63) is 65.7 Å². The number of nitrogens with zero attached hydrogens (tertiary/aromatic N) is 6. The molecular weight excluding hydrogens is 454 g/mol. The van der Waals surface area contributed by atoms with Crippen molar-refractivity contribution in [3.63, 3.8) is 0 Å². The van der Waals surface area contributed by atoms with Gasteiger partial charge < -0.3 is 9.47 Å². The lowest BCUT2D eigenvalue weighted by Crippen LogP contribution is -2.31. The summed E-state index contributed by atoms with van der Waals surface area (Å²) in [5, 5.41) is 19.2. The van der Waals surface area contributed by atoms with E-state index in [0.29, 0.717) is 24.5 Å². The Morgan fingerprint density at radius 3 is 2.31 bits per heavy atom. The van der Waals surface area contributed by atoms with Gasteiger partial charge in [0.1, 0.15) is 5.82 Å². The fourth-order valence-electron chi connectivity index (χ4n) is 4.45. The summed E-state index contributed by atoms with van der Waals surface area (Å²) in [6.07, 6.45) is 5.95. The molecule has 4 aromatic rings. The van der Waals surface area contributed by atoms with E-state index in [4.69, 9.17) is 19.6 Å². The van der Waals surface area contributed by atoms with E-state index < -0.39 is 5.79 Å². The molecule has 1 N–H and O–H groups in total.